The molecule has 0 aliphatic heterocycles. The summed E-state index contributed by atoms with van der Waals surface area (Å²) in [7, 11) is 0. The van der Waals surface area contributed by atoms with Crippen LogP contribution in [0.15, 0.2) is 67.1 Å². The van der Waals surface area contributed by atoms with Crippen LogP contribution in [-0.4, -0.2) is 39.2 Å². The van der Waals surface area contributed by atoms with Crippen LogP contribution in [0.2, 0.25) is 0 Å². The minimum atomic E-state index is -0.757. The van der Waals surface area contributed by atoms with E-state index in [2.05, 4.69) is 27.7 Å². The van der Waals surface area contributed by atoms with Gasteiger partial charge in [-0.1, -0.05) is 44.0 Å². The maximum Gasteiger partial charge on any atom is 0.426 e. The first-order chi connectivity index (χ1) is 18.7. The Labute approximate surface area is 228 Å². The maximum absolute atomic E-state index is 13.0. The zero-order chi connectivity index (χ0) is 27.8. The van der Waals surface area contributed by atoms with E-state index in [1.807, 2.05) is 36.4 Å². The van der Waals surface area contributed by atoms with E-state index in [9.17, 15) is 9.59 Å². The van der Waals surface area contributed by atoms with Crippen LogP contribution in [0.3, 0.4) is 0 Å². The second kappa shape index (κ2) is 12.3. The number of nitrogens with zero attached hydrogens (tertiary/aromatic N) is 3. The number of ether oxygens (including phenoxy) is 2. The molecule has 9 nitrogen and oxygen atoms in total. The first kappa shape index (κ1) is 27.5. The van der Waals surface area contributed by atoms with Crippen molar-refractivity contribution in [2.45, 2.75) is 52.6 Å². The van der Waals surface area contributed by atoms with Crippen LogP contribution in [0.25, 0.3) is 33.4 Å². The fourth-order valence-corrected chi connectivity index (χ4v) is 3.87. The minimum Gasteiger partial charge on any atom is -0.492 e. The fraction of sp³-hybridized carbons (Fsp3) is 0.300. The van der Waals surface area contributed by atoms with Crippen LogP contribution in [0.1, 0.15) is 57.3 Å². The number of fused-ring (bicyclic) bond motifs is 1. The maximum atomic E-state index is 13.0. The summed E-state index contributed by atoms with van der Waals surface area (Å²) < 4.78 is 10.9. The number of amides is 2. The van der Waals surface area contributed by atoms with Gasteiger partial charge >= 0.3 is 6.09 Å². The Morgan fingerprint density at radius 3 is 2.31 bits per heavy atom. The molecule has 0 saturated carbocycles. The van der Waals surface area contributed by atoms with Gasteiger partial charge in [-0.25, -0.2) is 15.2 Å². The predicted octanol–water partition coefficient (Wildman–Crippen LogP) is 6.10. The first-order valence-corrected chi connectivity index (χ1v) is 13.0. The van der Waals surface area contributed by atoms with Gasteiger partial charge < -0.3 is 9.47 Å². The van der Waals surface area contributed by atoms with Gasteiger partial charge in [-0.3, -0.25) is 20.2 Å². The van der Waals surface area contributed by atoms with Gasteiger partial charge in [0, 0.05) is 28.9 Å². The van der Waals surface area contributed by atoms with Crippen LogP contribution in [0, 0.1) is 0 Å². The second-order valence-corrected chi connectivity index (χ2v) is 10.0. The lowest BCUT2D eigenvalue weighted by molar-refractivity contribution is 0.0483. The Morgan fingerprint density at radius 1 is 0.897 bits per heavy atom. The average molecular weight is 528 g/mol. The van der Waals surface area contributed by atoms with Crippen LogP contribution in [0.5, 0.6) is 5.75 Å². The van der Waals surface area contributed by atoms with Crippen LogP contribution >= 0.6 is 0 Å². The standard InChI is InChI=1S/C30H33N5O4/c1-5-6-7-16-38-22-12-13-25(32-18-22)20-8-10-21(11-9-20)27-17-23(24-19-31-15-14-26(24)33-27)28(36)34-35-29(37)39-30(2,3)4/h8-15,17-19H,5-7,16H2,1-4H3,(H,34,36)(H,35,37). The summed E-state index contributed by atoms with van der Waals surface area (Å²) in [6.45, 7) is 8.07. The highest BCUT2D eigenvalue weighted by atomic mass is 16.6. The van der Waals surface area contributed by atoms with E-state index in [4.69, 9.17) is 14.5 Å². The van der Waals surface area contributed by atoms with Crippen LogP contribution < -0.4 is 15.6 Å². The lowest BCUT2D eigenvalue weighted by Gasteiger charge is -2.19. The van der Waals surface area contributed by atoms with Gasteiger partial charge in [0.25, 0.3) is 5.91 Å². The Morgan fingerprint density at radius 2 is 1.64 bits per heavy atom. The topological polar surface area (TPSA) is 115 Å². The van der Waals surface area contributed by atoms with Gasteiger partial charge in [0.2, 0.25) is 0 Å². The third-order valence-electron chi connectivity index (χ3n) is 5.76. The Kier molecular flexibility index (Phi) is 8.70. The molecule has 39 heavy (non-hydrogen) atoms. The highest BCUT2D eigenvalue weighted by Gasteiger charge is 2.19. The smallest absolute Gasteiger partial charge is 0.426 e. The van der Waals surface area contributed by atoms with Crippen molar-refractivity contribution in [1.82, 2.24) is 25.8 Å². The molecule has 4 rings (SSSR count). The number of rotatable bonds is 8. The zero-order valence-corrected chi connectivity index (χ0v) is 22.7. The zero-order valence-electron chi connectivity index (χ0n) is 22.7. The number of hydrogen-bond donors (Lipinski definition) is 2. The van der Waals surface area contributed by atoms with E-state index in [1.165, 1.54) is 0 Å². The van der Waals surface area contributed by atoms with Crippen molar-refractivity contribution >= 4 is 22.9 Å². The number of nitrogens with one attached hydrogen (secondary N) is 2. The molecule has 0 atom stereocenters. The Bertz CT molecular complexity index is 1430. The van der Waals surface area contributed by atoms with Crippen molar-refractivity contribution in [2.24, 2.45) is 0 Å². The molecule has 0 spiro atoms. The quantitative estimate of drug-likeness (QED) is 0.210. The Balaban J connectivity index is 1.52. The molecule has 0 aliphatic rings. The lowest BCUT2D eigenvalue weighted by atomic mass is 10.0. The van der Waals surface area contributed by atoms with Gasteiger partial charge in [-0.15, -0.1) is 0 Å². The van der Waals surface area contributed by atoms with E-state index in [0.717, 1.165) is 41.8 Å². The number of pyridine rings is 3. The van der Waals surface area contributed by atoms with Crippen molar-refractivity contribution in [3.63, 3.8) is 0 Å². The van der Waals surface area contributed by atoms with E-state index in [0.29, 0.717) is 28.8 Å². The molecule has 3 heterocycles. The number of unbranched alkanes of at least 4 members (excludes halogenated alkanes) is 2. The van der Waals surface area contributed by atoms with Gasteiger partial charge in [0.05, 0.1) is 35.3 Å². The van der Waals surface area contributed by atoms with Gasteiger partial charge in [-0.2, -0.15) is 0 Å². The second-order valence-electron chi connectivity index (χ2n) is 10.0. The van der Waals surface area contributed by atoms with Crippen molar-refractivity contribution in [3.05, 3.63) is 72.7 Å². The molecule has 0 radical (unpaired) electrons. The van der Waals surface area contributed by atoms with Crippen molar-refractivity contribution in [3.8, 4) is 28.3 Å². The summed E-state index contributed by atoms with van der Waals surface area (Å²) in [6.07, 6.45) is 7.50. The molecule has 0 unspecified atom stereocenters. The van der Waals surface area contributed by atoms with Crippen molar-refractivity contribution in [2.75, 3.05) is 6.61 Å². The number of aromatic nitrogens is 3. The Hall–Kier alpha value is -4.53. The van der Waals surface area contributed by atoms with Crippen LogP contribution in [-0.2, 0) is 4.74 Å². The third-order valence-corrected chi connectivity index (χ3v) is 5.76. The molecule has 2 amide bonds. The lowest BCUT2D eigenvalue weighted by Crippen LogP contribution is -2.44. The molecule has 0 bridgehead atoms. The molecule has 0 fully saturated rings. The molecule has 2 N–H and O–H groups in total. The monoisotopic (exact) mass is 527 g/mol. The number of carbonyl (C=O) groups excluding carboxylic acids is 2. The molecular formula is C30H33N5O4. The SMILES string of the molecule is CCCCCOc1ccc(-c2ccc(-c3cc(C(=O)NNC(=O)OC(C)(C)C)c4cnccc4n3)cc2)nc1. The summed E-state index contributed by atoms with van der Waals surface area (Å²) in [5, 5.41) is 0.558. The van der Waals surface area contributed by atoms with E-state index in [-0.39, 0.29) is 0 Å². The molecule has 9 heteroatoms. The predicted molar refractivity (Wildman–Crippen MR) is 150 cm³/mol. The number of hydrogen-bond acceptors (Lipinski definition) is 7. The van der Waals surface area contributed by atoms with Crippen molar-refractivity contribution in [1.29, 1.82) is 0 Å². The molecule has 0 aliphatic carbocycles. The summed E-state index contributed by atoms with van der Waals surface area (Å²) in [5.41, 5.74) is 8.12. The van der Waals surface area contributed by atoms with E-state index >= 15 is 0 Å². The van der Waals surface area contributed by atoms with Crippen LogP contribution in [0.4, 0.5) is 4.79 Å². The summed E-state index contributed by atoms with van der Waals surface area (Å²) >= 11 is 0. The molecule has 4 aromatic rings. The highest BCUT2D eigenvalue weighted by Crippen LogP contribution is 2.27. The number of hydrazine groups is 1. The molecule has 1 aromatic carbocycles. The summed E-state index contributed by atoms with van der Waals surface area (Å²) in [5.74, 6) is 0.244. The van der Waals surface area contributed by atoms with E-state index < -0.39 is 17.6 Å². The normalized spacial score (nSPS) is 11.2. The largest absolute Gasteiger partial charge is 0.492 e. The highest BCUT2D eigenvalue weighted by molar-refractivity contribution is 6.07. The number of benzene rings is 1. The van der Waals surface area contributed by atoms with Gasteiger partial charge in [0.1, 0.15) is 11.4 Å². The van der Waals surface area contributed by atoms with Gasteiger partial charge in [-0.05, 0) is 51.5 Å². The third kappa shape index (κ3) is 7.50. The molecule has 202 valence electrons. The first-order valence-electron chi connectivity index (χ1n) is 13.0. The molecule has 0 saturated heterocycles. The average Bonchev–Trinajstić information content (AvgIpc) is 2.93. The van der Waals surface area contributed by atoms with Gasteiger partial charge in [0.15, 0.2) is 0 Å². The van der Waals surface area contributed by atoms with Crippen molar-refractivity contribution < 1.29 is 19.1 Å². The summed E-state index contributed by atoms with van der Waals surface area (Å²) in [6, 6.07) is 15.1. The summed E-state index contributed by atoms with van der Waals surface area (Å²) in [4.78, 5) is 38.4. The molecular weight excluding hydrogens is 494 g/mol. The molecule has 3 aromatic heterocycles. The number of carbonyl (C=O) groups is 2. The minimum absolute atomic E-state index is 0.319. The van der Waals surface area contributed by atoms with E-state index in [1.54, 1.807) is 51.5 Å². The fourth-order valence-electron chi connectivity index (χ4n) is 3.87.